The van der Waals surface area contributed by atoms with E-state index in [1.54, 1.807) is 0 Å². The summed E-state index contributed by atoms with van der Waals surface area (Å²) in [5.41, 5.74) is 5.03. The minimum Gasteiger partial charge on any atom is -0.134 e. The molecule has 0 unspecified atom stereocenters. The molecule has 0 spiro atoms. The summed E-state index contributed by atoms with van der Waals surface area (Å²) in [5.74, 6) is 0. The van der Waals surface area contributed by atoms with Crippen molar-refractivity contribution in [2.24, 2.45) is 0 Å². The van der Waals surface area contributed by atoms with Crippen LogP contribution in [0.3, 0.4) is 0 Å². The number of thiophene rings is 1. The Labute approximate surface area is 219 Å². The predicted molar refractivity (Wildman–Crippen MR) is 163 cm³/mol. The Bertz CT molecular complexity index is 2110. The fourth-order valence-corrected chi connectivity index (χ4v) is 7.25. The molecule has 1 aromatic heterocycles. The van der Waals surface area contributed by atoms with Crippen molar-refractivity contribution in [3.05, 3.63) is 133 Å². The van der Waals surface area contributed by atoms with Gasteiger partial charge >= 0.3 is 0 Å². The van der Waals surface area contributed by atoms with Crippen molar-refractivity contribution in [1.82, 2.24) is 0 Å². The minimum atomic E-state index is 1.24. The van der Waals surface area contributed by atoms with E-state index in [2.05, 4.69) is 133 Å². The summed E-state index contributed by atoms with van der Waals surface area (Å²) in [6.07, 6.45) is 0. The van der Waals surface area contributed by atoms with Crippen LogP contribution in [0.2, 0.25) is 0 Å². The highest BCUT2D eigenvalue weighted by Crippen LogP contribution is 2.46. The Kier molecular flexibility index (Phi) is 4.49. The van der Waals surface area contributed by atoms with Crippen LogP contribution in [-0.2, 0) is 0 Å². The molecule has 172 valence electrons. The fraction of sp³-hybridized carbons (Fsp3) is 0. The third-order valence-corrected chi connectivity index (χ3v) is 8.93. The van der Waals surface area contributed by atoms with Crippen molar-refractivity contribution in [2.75, 3.05) is 0 Å². The summed E-state index contributed by atoms with van der Waals surface area (Å²) >= 11 is 1.94. The van der Waals surface area contributed by atoms with Crippen molar-refractivity contribution in [3.8, 4) is 22.3 Å². The van der Waals surface area contributed by atoms with Gasteiger partial charge in [0.05, 0.1) is 0 Å². The lowest BCUT2D eigenvalue weighted by Crippen LogP contribution is -1.86. The summed E-state index contributed by atoms with van der Waals surface area (Å²) in [4.78, 5) is 0. The van der Waals surface area contributed by atoms with E-state index < -0.39 is 0 Å². The molecule has 0 aliphatic rings. The lowest BCUT2D eigenvalue weighted by molar-refractivity contribution is 1.61. The zero-order valence-electron chi connectivity index (χ0n) is 20.1. The summed E-state index contributed by atoms with van der Waals surface area (Å²) in [7, 11) is 0. The molecule has 0 N–H and O–H groups in total. The number of hydrogen-bond acceptors (Lipinski definition) is 1. The third kappa shape index (κ3) is 3.15. The van der Waals surface area contributed by atoms with E-state index >= 15 is 0 Å². The molecule has 1 heterocycles. The molecule has 0 aliphatic carbocycles. The normalized spacial score (nSPS) is 11.8. The lowest BCUT2D eigenvalue weighted by atomic mass is 9.91. The maximum absolute atomic E-state index is 2.36. The van der Waals surface area contributed by atoms with Gasteiger partial charge in [0.15, 0.2) is 0 Å². The third-order valence-electron chi connectivity index (χ3n) is 7.65. The van der Waals surface area contributed by atoms with E-state index in [0.29, 0.717) is 0 Å². The minimum absolute atomic E-state index is 1.24. The highest BCUT2D eigenvalue weighted by Gasteiger charge is 2.16. The number of hydrogen-bond donors (Lipinski definition) is 0. The van der Waals surface area contributed by atoms with E-state index in [1.165, 1.54) is 74.7 Å². The molecule has 0 atom stereocenters. The van der Waals surface area contributed by atoms with Crippen LogP contribution in [0.15, 0.2) is 133 Å². The second-order valence-electron chi connectivity index (χ2n) is 9.72. The highest BCUT2D eigenvalue weighted by molar-refractivity contribution is 7.27. The molecule has 0 aliphatic heterocycles. The molecule has 0 fully saturated rings. The van der Waals surface area contributed by atoms with Crippen LogP contribution in [0.4, 0.5) is 0 Å². The Balaban J connectivity index is 1.44. The highest BCUT2D eigenvalue weighted by atomic mass is 32.1. The summed E-state index contributed by atoms with van der Waals surface area (Å²) in [5, 5.41) is 10.6. The van der Waals surface area contributed by atoms with Gasteiger partial charge in [0.1, 0.15) is 0 Å². The fourth-order valence-electron chi connectivity index (χ4n) is 5.86. The van der Waals surface area contributed by atoms with Crippen LogP contribution in [0.5, 0.6) is 0 Å². The quantitative estimate of drug-likeness (QED) is 0.213. The number of benzene rings is 7. The molecule has 1 heteroatoms. The molecular weight excluding hydrogens is 464 g/mol. The standard InChI is InChI=1S/C36H22S/c1-2-8-23(9-3-1)24-14-16-26(17-15-24)33-22-27-11-5-6-12-28(27)34-30(33)20-21-32-31-19-18-25-10-4-7-13-29(25)35(31)37-36(32)34/h1-22H. The van der Waals surface area contributed by atoms with E-state index in [0.717, 1.165) is 0 Å². The first-order valence-electron chi connectivity index (χ1n) is 12.7. The first-order chi connectivity index (χ1) is 18.3. The summed E-state index contributed by atoms with van der Waals surface area (Å²) in [6.45, 7) is 0. The van der Waals surface area contributed by atoms with Crippen molar-refractivity contribution < 1.29 is 0 Å². The maximum Gasteiger partial charge on any atom is 0.0440 e. The Hall–Kier alpha value is -4.46. The average molecular weight is 487 g/mol. The van der Waals surface area contributed by atoms with Crippen molar-refractivity contribution in [3.63, 3.8) is 0 Å². The van der Waals surface area contributed by atoms with Crippen molar-refractivity contribution >= 4 is 63.8 Å². The van der Waals surface area contributed by atoms with Gasteiger partial charge in [0.25, 0.3) is 0 Å². The smallest absolute Gasteiger partial charge is 0.0440 e. The second kappa shape index (κ2) is 8.03. The molecule has 0 amide bonds. The molecular formula is C36H22S. The van der Waals surface area contributed by atoms with Crippen molar-refractivity contribution in [2.45, 2.75) is 0 Å². The van der Waals surface area contributed by atoms with Gasteiger partial charge in [-0.05, 0) is 55.3 Å². The van der Waals surface area contributed by atoms with Crippen LogP contribution < -0.4 is 0 Å². The molecule has 8 aromatic rings. The van der Waals surface area contributed by atoms with E-state index in [-0.39, 0.29) is 0 Å². The monoisotopic (exact) mass is 486 g/mol. The van der Waals surface area contributed by atoms with Crippen LogP contribution >= 0.6 is 11.3 Å². The maximum atomic E-state index is 2.36. The van der Waals surface area contributed by atoms with Crippen molar-refractivity contribution in [1.29, 1.82) is 0 Å². The molecule has 0 saturated carbocycles. The van der Waals surface area contributed by atoms with Crippen LogP contribution in [0, 0.1) is 0 Å². The van der Waals surface area contributed by atoms with Gasteiger partial charge in [-0.25, -0.2) is 0 Å². The Morgan fingerprint density at radius 3 is 1.78 bits per heavy atom. The van der Waals surface area contributed by atoms with E-state index in [9.17, 15) is 0 Å². The van der Waals surface area contributed by atoms with Crippen LogP contribution in [0.25, 0.3) is 74.7 Å². The van der Waals surface area contributed by atoms with Gasteiger partial charge < -0.3 is 0 Å². The summed E-state index contributed by atoms with van der Waals surface area (Å²) < 4.78 is 2.75. The number of rotatable bonds is 2. The van der Waals surface area contributed by atoms with Gasteiger partial charge in [-0.3, -0.25) is 0 Å². The average Bonchev–Trinajstić information content (AvgIpc) is 3.37. The predicted octanol–water partition coefficient (Wildman–Crippen LogP) is 10.8. The zero-order chi connectivity index (χ0) is 24.3. The molecule has 0 saturated heterocycles. The first kappa shape index (κ1) is 20.7. The molecule has 37 heavy (non-hydrogen) atoms. The molecule has 0 bridgehead atoms. The summed E-state index contributed by atoms with van der Waals surface area (Å²) in [6, 6.07) is 48.8. The SMILES string of the molecule is c1ccc(-c2ccc(-c3cc4ccccc4c4c3ccc3c5ccc6ccccc6c5sc34)cc2)cc1. The topological polar surface area (TPSA) is 0 Å². The van der Waals surface area contributed by atoms with E-state index in [1.807, 2.05) is 11.3 Å². The van der Waals surface area contributed by atoms with Crippen LogP contribution in [-0.4, -0.2) is 0 Å². The van der Waals surface area contributed by atoms with Gasteiger partial charge in [0.2, 0.25) is 0 Å². The molecule has 0 radical (unpaired) electrons. The number of fused-ring (bicyclic) bond motifs is 9. The first-order valence-corrected chi connectivity index (χ1v) is 13.5. The van der Waals surface area contributed by atoms with E-state index in [4.69, 9.17) is 0 Å². The zero-order valence-corrected chi connectivity index (χ0v) is 20.9. The second-order valence-corrected chi connectivity index (χ2v) is 10.7. The Morgan fingerprint density at radius 1 is 0.351 bits per heavy atom. The lowest BCUT2D eigenvalue weighted by Gasteiger charge is -2.13. The van der Waals surface area contributed by atoms with Gasteiger partial charge in [-0.1, -0.05) is 127 Å². The molecule has 7 aromatic carbocycles. The molecule has 0 nitrogen and oxygen atoms in total. The van der Waals surface area contributed by atoms with Gasteiger partial charge in [0, 0.05) is 25.6 Å². The molecule has 8 rings (SSSR count). The largest absolute Gasteiger partial charge is 0.134 e. The van der Waals surface area contributed by atoms with Gasteiger partial charge in [-0.15, -0.1) is 11.3 Å². The Morgan fingerprint density at radius 2 is 0.946 bits per heavy atom. The van der Waals surface area contributed by atoms with Gasteiger partial charge in [-0.2, -0.15) is 0 Å². The van der Waals surface area contributed by atoms with Crippen LogP contribution in [0.1, 0.15) is 0 Å².